The van der Waals surface area contributed by atoms with Crippen molar-refractivity contribution < 1.29 is 14.3 Å². The Labute approximate surface area is 174 Å². The Morgan fingerprint density at radius 3 is 2.83 bits per heavy atom. The fourth-order valence-electron chi connectivity index (χ4n) is 3.27. The number of ether oxygens (including phenoxy) is 2. The zero-order valence-corrected chi connectivity index (χ0v) is 18.5. The smallest absolute Gasteiger partial charge is 0.407 e. The molecular formula is C22H36N4O3. The fraction of sp³-hybridized carbons (Fsp3) is 0.636. The first-order valence-corrected chi connectivity index (χ1v) is 10.5. The Bertz CT molecular complexity index is 685. The van der Waals surface area contributed by atoms with E-state index in [4.69, 9.17) is 14.5 Å². The molecule has 2 N–H and O–H groups in total. The Balaban J connectivity index is 1.83. The van der Waals surface area contributed by atoms with E-state index >= 15 is 0 Å². The normalized spacial score (nSPS) is 17.2. The molecule has 1 saturated heterocycles. The molecule has 0 spiro atoms. The van der Waals surface area contributed by atoms with E-state index in [2.05, 4.69) is 34.6 Å². The highest BCUT2D eigenvalue weighted by molar-refractivity contribution is 5.80. The first-order valence-electron chi connectivity index (χ1n) is 10.5. The van der Waals surface area contributed by atoms with Crippen LogP contribution in [-0.2, 0) is 11.2 Å². The number of methoxy groups -OCH3 is 1. The number of rotatable bonds is 7. The van der Waals surface area contributed by atoms with Crippen molar-refractivity contribution in [2.24, 2.45) is 4.99 Å². The van der Waals surface area contributed by atoms with E-state index < -0.39 is 5.60 Å². The van der Waals surface area contributed by atoms with Crippen LogP contribution in [-0.4, -0.2) is 61.9 Å². The molecule has 1 aromatic rings. The van der Waals surface area contributed by atoms with Crippen LogP contribution in [0.15, 0.2) is 29.3 Å². The maximum absolute atomic E-state index is 12.0. The molecule has 1 aromatic carbocycles. The van der Waals surface area contributed by atoms with E-state index in [1.54, 1.807) is 7.11 Å². The lowest BCUT2D eigenvalue weighted by Crippen LogP contribution is -2.44. The molecule has 0 aliphatic carbocycles. The number of amides is 1. The molecule has 1 unspecified atom stereocenters. The number of carbonyl (C=O) groups excluding carboxylic acids is 1. The fourth-order valence-corrected chi connectivity index (χ4v) is 3.27. The summed E-state index contributed by atoms with van der Waals surface area (Å²) < 4.78 is 10.6. The SMILES string of the molecule is CCNC(=NCCCc1cccc(OC)c1)N1CCC(NC(=O)OC(C)(C)C)C1. The molecular weight excluding hydrogens is 368 g/mol. The predicted molar refractivity (Wildman–Crippen MR) is 117 cm³/mol. The highest BCUT2D eigenvalue weighted by Crippen LogP contribution is 2.15. The third kappa shape index (κ3) is 8.21. The summed E-state index contributed by atoms with van der Waals surface area (Å²) in [5, 5.41) is 6.33. The van der Waals surface area contributed by atoms with E-state index in [-0.39, 0.29) is 12.1 Å². The summed E-state index contributed by atoms with van der Waals surface area (Å²) in [5.41, 5.74) is 0.772. The van der Waals surface area contributed by atoms with Gasteiger partial charge in [-0.2, -0.15) is 0 Å². The van der Waals surface area contributed by atoms with Crippen molar-refractivity contribution in [1.82, 2.24) is 15.5 Å². The van der Waals surface area contributed by atoms with Gasteiger partial charge >= 0.3 is 6.09 Å². The van der Waals surface area contributed by atoms with Crippen molar-refractivity contribution in [2.75, 3.05) is 33.3 Å². The van der Waals surface area contributed by atoms with Crippen molar-refractivity contribution in [2.45, 2.75) is 58.6 Å². The van der Waals surface area contributed by atoms with E-state index in [0.717, 1.165) is 57.2 Å². The highest BCUT2D eigenvalue weighted by Gasteiger charge is 2.27. The van der Waals surface area contributed by atoms with Crippen molar-refractivity contribution in [3.05, 3.63) is 29.8 Å². The lowest BCUT2D eigenvalue weighted by atomic mass is 10.1. The van der Waals surface area contributed by atoms with Crippen LogP contribution < -0.4 is 15.4 Å². The van der Waals surface area contributed by atoms with Crippen LogP contribution in [0.3, 0.4) is 0 Å². The Morgan fingerprint density at radius 2 is 2.14 bits per heavy atom. The van der Waals surface area contributed by atoms with Crippen LogP contribution in [0.5, 0.6) is 5.75 Å². The average Bonchev–Trinajstić information content (AvgIpc) is 3.11. The van der Waals surface area contributed by atoms with Gasteiger partial charge in [-0.05, 0) is 64.7 Å². The van der Waals surface area contributed by atoms with Gasteiger partial charge in [0.15, 0.2) is 5.96 Å². The summed E-state index contributed by atoms with van der Waals surface area (Å²) >= 11 is 0. The number of aryl methyl sites for hydroxylation is 1. The molecule has 1 aliphatic rings. The Hall–Kier alpha value is -2.44. The van der Waals surface area contributed by atoms with E-state index in [0.29, 0.717) is 0 Å². The largest absolute Gasteiger partial charge is 0.497 e. The van der Waals surface area contributed by atoms with Gasteiger partial charge in [-0.25, -0.2) is 4.79 Å². The van der Waals surface area contributed by atoms with Gasteiger partial charge in [0.05, 0.1) is 13.2 Å². The average molecular weight is 405 g/mol. The van der Waals surface area contributed by atoms with Gasteiger partial charge in [0.2, 0.25) is 0 Å². The van der Waals surface area contributed by atoms with Crippen LogP contribution >= 0.6 is 0 Å². The molecule has 0 bridgehead atoms. The molecule has 7 heteroatoms. The van der Waals surface area contributed by atoms with Gasteiger partial charge in [-0.3, -0.25) is 4.99 Å². The molecule has 0 aromatic heterocycles. The second-order valence-corrected chi connectivity index (χ2v) is 8.27. The standard InChI is InChI=1S/C22H36N4O3/c1-6-23-20(24-13-8-10-17-9-7-11-19(15-17)28-5)26-14-12-18(16-26)25-21(27)29-22(2,3)4/h7,9,11,15,18H,6,8,10,12-14,16H2,1-5H3,(H,23,24)(H,25,27). The number of nitrogens with zero attached hydrogens (tertiary/aromatic N) is 2. The van der Waals surface area contributed by atoms with Crippen molar-refractivity contribution in [3.8, 4) is 5.75 Å². The summed E-state index contributed by atoms with van der Waals surface area (Å²) in [4.78, 5) is 19.0. The number of hydrogen-bond acceptors (Lipinski definition) is 4. The van der Waals surface area contributed by atoms with Crippen molar-refractivity contribution in [3.63, 3.8) is 0 Å². The lowest BCUT2D eigenvalue weighted by molar-refractivity contribution is 0.0507. The molecule has 162 valence electrons. The van der Waals surface area contributed by atoms with Gasteiger partial charge in [0.1, 0.15) is 11.4 Å². The number of aliphatic imine (C=N–C) groups is 1. The minimum absolute atomic E-state index is 0.0745. The summed E-state index contributed by atoms with van der Waals surface area (Å²) in [7, 11) is 1.69. The summed E-state index contributed by atoms with van der Waals surface area (Å²) in [5.74, 6) is 1.80. The number of carbonyl (C=O) groups is 1. The molecule has 1 atom stereocenters. The summed E-state index contributed by atoms with van der Waals surface area (Å²) in [6, 6.07) is 8.24. The van der Waals surface area contributed by atoms with Crippen LogP contribution in [0.1, 0.15) is 46.1 Å². The molecule has 0 saturated carbocycles. The number of alkyl carbamates (subject to hydrolysis) is 1. The van der Waals surface area contributed by atoms with Gasteiger partial charge < -0.3 is 25.0 Å². The Morgan fingerprint density at radius 1 is 1.34 bits per heavy atom. The molecule has 1 fully saturated rings. The number of nitrogens with one attached hydrogen (secondary N) is 2. The first kappa shape index (κ1) is 22.8. The van der Waals surface area contributed by atoms with Gasteiger partial charge in [0.25, 0.3) is 0 Å². The second-order valence-electron chi connectivity index (χ2n) is 8.27. The maximum Gasteiger partial charge on any atom is 0.407 e. The first-order chi connectivity index (χ1) is 13.8. The topological polar surface area (TPSA) is 75.2 Å². The van der Waals surface area contributed by atoms with Crippen molar-refractivity contribution in [1.29, 1.82) is 0 Å². The van der Waals surface area contributed by atoms with Crippen molar-refractivity contribution >= 4 is 12.1 Å². The zero-order valence-electron chi connectivity index (χ0n) is 18.5. The minimum Gasteiger partial charge on any atom is -0.497 e. The molecule has 0 radical (unpaired) electrons. The van der Waals surface area contributed by atoms with E-state index in [1.807, 2.05) is 32.9 Å². The predicted octanol–water partition coefficient (Wildman–Crippen LogP) is 3.19. The third-order valence-corrected chi connectivity index (χ3v) is 4.56. The number of hydrogen-bond donors (Lipinski definition) is 2. The van der Waals surface area contributed by atoms with Crippen LogP contribution in [0, 0.1) is 0 Å². The molecule has 7 nitrogen and oxygen atoms in total. The maximum atomic E-state index is 12.0. The molecule has 1 amide bonds. The van der Waals surface area contributed by atoms with Gasteiger partial charge in [0, 0.05) is 26.2 Å². The van der Waals surface area contributed by atoms with Crippen LogP contribution in [0.4, 0.5) is 4.79 Å². The number of guanidine groups is 1. The molecule has 29 heavy (non-hydrogen) atoms. The Kier molecular flexibility index (Phi) is 8.61. The monoisotopic (exact) mass is 404 g/mol. The van der Waals surface area contributed by atoms with Crippen LogP contribution in [0.2, 0.25) is 0 Å². The summed E-state index contributed by atoms with van der Waals surface area (Å²) in [6.07, 6.45) is 2.45. The van der Waals surface area contributed by atoms with Crippen LogP contribution in [0.25, 0.3) is 0 Å². The summed E-state index contributed by atoms with van der Waals surface area (Å²) in [6.45, 7) is 10.8. The quantitative estimate of drug-likeness (QED) is 0.415. The van der Waals surface area contributed by atoms with Gasteiger partial charge in [-0.15, -0.1) is 0 Å². The molecule has 1 heterocycles. The minimum atomic E-state index is -0.485. The van der Waals surface area contributed by atoms with E-state index in [1.165, 1.54) is 5.56 Å². The highest BCUT2D eigenvalue weighted by atomic mass is 16.6. The van der Waals surface area contributed by atoms with E-state index in [9.17, 15) is 4.79 Å². The molecule has 1 aliphatic heterocycles. The lowest BCUT2D eigenvalue weighted by Gasteiger charge is -2.23. The second kappa shape index (κ2) is 10.9. The zero-order chi connectivity index (χ0) is 21.3. The third-order valence-electron chi connectivity index (χ3n) is 4.56. The number of likely N-dealkylation sites (tertiary alicyclic amines) is 1. The van der Waals surface area contributed by atoms with Gasteiger partial charge in [-0.1, -0.05) is 12.1 Å². The molecule has 2 rings (SSSR count). The number of benzene rings is 1.